The minimum absolute atomic E-state index is 0.272. The first kappa shape index (κ1) is 16.7. The number of carbonyl (C=O) groups excluding carboxylic acids is 1. The van der Waals surface area contributed by atoms with Crippen molar-refractivity contribution in [2.75, 3.05) is 18.5 Å². The van der Waals surface area contributed by atoms with Crippen molar-refractivity contribution >= 4 is 11.7 Å². The largest absolute Gasteiger partial charge is 0.494 e. The Hall–Kier alpha value is -2.69. The molecule has 5 heteroatoms. The molecule has 23 heavy (non-hydrogen) atoms. The van der Waals surface area contributed by atoms with Gasteiger partial charge in [-0.25, -0.2) is 4.79 Å². The molecule has 0 spiro atoms. The van der Waals surface area contributed by atoms with Crippen LogP contribution in [-0.2, 0) is 6.54 Å². The Morgan fingerprint density at radius 3 is 2.35 bits per heavy atom. The van der Waals surface area contributed by atoms with E-state index in [9.17, 15) is 4.79 Å². The first-order valence-electron chi connectivity index (χ1n) is 7.71. The lowest BCUT2D eigenvalue weighted by Crippen LogP contribution is -2.28. The second-order valence-electron chi connectivity index (χ2n) is 4.81. The average Bonchev–Trinajstić information content (AvgIpc) is 2.57. The number of para-hydroxylation sites is 2. The van der Waals surface area contributed by atoms with Crippen molar-refractivity contribution in [1.82, 2.24) is 5.32 Å². The topological polar surface area (TPSA) is 59.6 Å². The van der Waals surface area contributed by atoms with E-state index in [0.717, 1.165) is 11.3 Å². The van der Waals surface area contributed by atoms with Gasteiger partial charge in [0.25, 0.3) is 0 Å². The summed E-state index contributed by atoms with van der Waals surface area (Å²) >= 11 is 0. The molecule has 0 heterocycles. The van der Waals surface area contributed by atoms with Crippen LogP contribution in [0.25, 0.3) is 0 Å². The molecule has 0 aliphatic carbocycles. The molecule has 2 aromatic carbocycles. The standard InChI is InChI=1S/C18H22N2O3/c1-3-22-15-11-9-14(10-12-15)13-19-18(21)20-16-7-5-6-8-17(16)23-4-2/h5-12H,3-4,13H2,1-2H3,(H2,19,20,21). The molecule has 0 saturated heterocycles. The van der Waals surface area contributed by atoms with Crippen molar-refractivity contribution < 1.29 is 14.3 Å². The lowest BCUT2D eigenvalue weighted by molar-refractivity contribution is 0.251. The number of benzene rings is 2. The van der Waals surface area contributed by atoms with E-state index in [4.69, 9.17) is 9.47 Å². The van der Waals surface area contributed by atoms with Crippen LogP contribution >= 0.6 is 0 Å². The minimum atomic E-state index is -0.272. The maximum Gasteiger partial charge on any atom is 0.319 e. The van der Waals surface area contributed by atoms with Crippen molar-refractivity contribution in [2.24, 2.45) is 0 Å². The summed E-state index contributed by atoms with van der Waals surface area (Å²) in [5.74, 6) is 1.48. The van der Waals surface area contributed by atoms with E-state index in [1.165, 1.54) is 0 Å². The predicted octanol–water partition coefficient (Wildman–Crippen LogP) is 3.81. The zero-order valence-electron chi connectivity index (χ0n) is 13.5. The van der Waals surface area contributed by atoms with Gasteiger partial charge in [-0.3, -0.25) is 0 Å². The van der Waals surface area contributed by atoms with E-state index in [2.05, 4.69) is 10.6 Å². The van der Waals surface area contributed by atoms with Crippen molar-refractivity contribution in [3.05, 3.63) is 54.1 Å². The zero-order chi connectivity index (χ0) is 16.5. The van der Waals surface area contributed by atoms with E-state index in [1.54, 1.807) is 6.07 Å². The molecule has 122 valence electrons. The van der Waals surface area contributed by atoms with Gasteiger partial charge in [-0.05, 0) is 43.7 Å². The van der Waals surface area contributed by atoms with Crippen molar-refractivity contribution in [1.29, 1.82) is 0 Å². The molecule has 0 aliphatic rings. The molecule has 2 N–H and O–H groups in total. The second-order valence-corrected chi connectivity index (χ2v) is 4.81. The summed E-state index contributed by atoms with van der Waals surface area (Å²) in [4.78, 5) is 12.0. The number of amides is 2. The Balaban J connectivity index is 1.87. The average molecular weight is 314 g/mol. The van der Waals surface area contributed by atoms with Crippen LogP contribution in [0.2, 0.25) is 0 Å². The molecule has 0 aliphatic heterocycles. The van der Waals surface area contributed by atoms with Gasteiger partial charge in [-0.2, -0.15) is 0 Å². The molecule has 0 aromatic heterocycles. The Bertz CT molecular complexity index is 626. The molecule has 0 unspecified atom stereocenters. The highest BCUT2D eigenvalue weighted by molar-refractivity contribution is 5.90. The van der Waals surface area contributed by atoms with Gasteiger partial charge in [0, 0.05) is 6.54 Å². The summed E-state index contributed by atoms with van der Waals surface area (Å²) in [6.07, 6.45) is 0. The highest BCUT2D eigenvalue weighted by atomic mass is 16.5. The van der Waals surface area contributed by atoms with Gasteiger partial charge in [-0.15, -0.1) is 0 Å². The molecule has 0 fully saturated rings. The fraction of sp³-hybridized carbons (Fsp3) is 0.278. The van der Waals surface area contributed by atoms with Crippen molar-refractivity contribution in [3.8, 4) is 11.5 Å². The third kappa shape index (κ3) is 5.21. The number of carbonyl (C=O) groups is 1. The fourth-order valence-electron chi connectivity index (χ4n) is 2.07. The molecule has 2 aromatic rings. The third-order valence-corrected chi connectivity index (χ3v) is 3.12. The number of rotatable bonds is 7. The first-order chi connectivity index (χ1) is 11.2. The van der Waals surface area contributed by atoms with Crippen LogP contribution < -0.4 is 20.1 Å². The fourth-order valence-corrected chi connectivity index (χ4v) is 2.07. The monoisotopic (exact) mass is 314 g/mol. The van der Waals surface area contributed by atoms with E-state index in [1.807, 2.05) is 56.3 Å². The molecule has 0 atom stereocenters. The summed E-state index contributed by atoms with van der Waals surface area (Å²) in [6, 6.07) is 14.7. The molecule has 2 amide bonds. The Morgan fingerprint density at radius 1 is 0.957 bits per heavy atom. The number of nitrogens with one attached hydrogen (secondary N) is 2. The molecule has 0 bridgehead atoms. The van der Waals surface area contributed by atoms with Crippen LogP contribution in [0.3, 0.4) is 0 Å². The van der Waals surface area contributed by atoms with Crippen molar-refractivity contribution in [2.45, 2.75) is 20.4 Å². The maximum absolute atomic E-state index is 12.0. The number of hydrogen-bond donors (Lipinski definition) is 2. The van der Waals surface area contributed by atoms with Gasteiger partial charge in [0.05, 0.1) is 18.9 Å². The first-order valence-corrected chi connectivity index (χ1v) is 7.71. The van der Waals surface area contributed by atoms with Gasteiger partial charge in [0.2, 0.25) is 0 Å². The van der Waals surface area contributed by atoms with Crippen molar-refractivity contribution in [3.63, 3.8) is 0 Å². The summed E-state index contributed by atoms with van der Waals surface area (Å²) in [5, 5.41) is 5.62. The normalized spacial score (nSPS) is 10.0. The van der Waals surface area contributed by atoms with Gasteiger partial charge >= 0.3 is 6.03 Å². The number of ether oxygens (including phenoxy) is 2. The summed E-state index contributed by atoms with van der Waals surface area (Å²) in [5.41, 5.74) is 1.65. The minimum Gasteiger partial charge on any atom is -0.494 e. The SMILES string of the molecule is CCOc1ccc(CNC(=O)Nc2ccccc2OCC)cc1. The second kappa shape index (κ2) is 8.68. The Labute approximate surface area is 136 Å². The lowest BCUT2D eigenvalue weighted by Gasteiger charge is -2.12. The summed E-state index contributed by atoms with van der Waals surface area (Å²) < 4.78 is 10.9. The van der Waals surface area contributed by atoms with Crippen LogP contribution in [0, 0.1) is 0 Å². The van der Waals surface area contributed by atoms with E-state index >= 15 is 0 Å². The number of anilines is 1. The highest BCUT2D eigenvalue weighted by Crippen LogP contribution is 2.23. The van der Waals surface area contributed by atoms with Gasteiger partial charge in [0.1, 0.15) is 11.5 Å². The Morgan fingerprint density at radius 2 is 1.65 bits per heavy atom. The molecule has 0 radical (unpaired) electrons. The summed E-state index contributed by atoms with van der Waals surface area (Å²) in [7, 11) is 0. The van der Waals surface area contributed by atoms with Crippen LogP contribution in [0.15, 0.2) is 48.5 Å². The number of hydrogen-bond acceptors (Lipinski definition) is 3. The summed E-state index contributed by atoms with van der Waals surface area (Å²) in [6.45, 7) is 5.48. The smallest absolute Gasteiger partial charge is 0.319 e. The zero-order valence-corrected chi connectivity index (χ0v) is 13.5. The Kier molecular flexibility index (Phi) is 6.29. The van der Waals surface area contributed by atoms with E-state index in [-0.39, 0.29) is 6.03 Å². The van der Waals surface area contributed by atoms with Gasteiger partial charge in [0.15, 0.2) is 0 Å². The quantitative estimate of drug-likeness (QED) is 0.817. The van der Waals surface area contributed by atoms with Crippen LogP contribution in [-0.4, -0.2) is 19.2 Å². The highest BCUT2D eigenvalue weighted by Gasteiger charge is 2.06. The van der Waals surface area contributed by atoms with Gasteiger partial charge < -0.3 is 20.1 Å². The van der Waals surface area contributed by atoms with Gasteiger partial charge in [-0.1, -0.05) is 24.3 Å². The molecule has 0 saturated carbocycles. The van der Waals surface area contributed by atoms with E-state index < -0.39 is 0 Å². The molecular formula is C18H22N2O3. The number of urea groups is 1. The lowest BCUT2D eigenvalue weighted by atomic mass is 10.2. The predicted molar refractivity (Wildman–Crippen MR) is 91.1 cm³/mol. The molecular weight excluding hydrogens is 292 g/mol. The van der Waals surface area contributed by atoms with Crippen LogP contribution in [0.5, 0.6) is 11.5 Å². The third-order valence-electron chi connectivity index (χ3n) is 3.12. The molecule has 2 rings (SSSR count). The van der Waals surface area contributed by atoms with Crippen LogP contribution in [0.1, 0.15) is 19.4 Å². The maximum atomic E-state index is 12.0. The molecule has 5 nitrogen and oxygen atoms in total. The van der Waals surface area contributed by atoms with E-state index in [0.29, 0.717) is 31.2 Å². The van der Waals surface area contributed by atoms with Crippen LogP contribution in [0.4, 0.5) is 10.5 Å².